The average molecular weight is 293 g/mol. The van der Waals surface area contributed by atoms with E-state index < -0.39 is 10.0 Å². The number of aromatic nitrogens is 1. The van der Waals surface area contributed by atoms with E-state index >= 15 is 0 Å². The molecule has 84 valence electrons. The third-order valence-electron chi connectivity index (χ3n) is 1.95. The lowest BCUT2D eigenvalue weighted by Crippen LogP contribution is -2.28. The maximum Gasteiger partial charge on any atom is 0.244 e. The van der Waals surface area contributed by atoms with Gasteiger partial charge in [0, 0.05) is 31.3 Å². The first-order chi connectivity index (χ1) is 7.09. The molecule has 4 nitrogen and oxygen atoms in total. The van der Waals surface area contributed by atoms with Crippen molar-refractivity contribution in [3.05, 3.63) is 24.5 Å². The van der Waals surface area contributed by atoms with Gasteiger partial charge >= 0.3 is 0 Å². The first kappa shape index (κ1) is 12.6. The van der Waals surface area contributed by atoms with Gasteiger partial charge in [-0.05, 0) is 18.6 Å². The zero-order chi connectivity index (χ0) is 11.3. The largest absolute Gasteiger partial charge is 0.263 e. The summed E-state index contributed by atoms with van der Waals surface area (Å²) in [5.74, 6) is 0. The second-order valence-corrected chi connectivity index (χ2v) is 5.90. The summed E-state index contributed by atoms with van der Waals surface area (Å²) >= 11 is 3.27. The van der Waals surface area contributed by atoms with Crippen molar-refractivity contribution in [2.45, 2.75) is 11.3 Å². The van der Waals surface area contributed by atoms with Crippen LogP contribution in [0.1, 0.15) is 6.42 Å². The fourth-order valence-electron chi connectivity index (χ4n) is 1.08. The third-order valence-corrected chi connectivity index (χ3v) is 4.35. The van der Waals surface area contributed by atoms with Gasteiger partial charge in [0.2, 0.25) is 10.0 Å². The minimum absolute atomic E-state index is 0.238. The van der Waals surface area contributed by atoms with E-state index in [1.54, 1.807) is 25.4 Å². The van der Waals surface area contributed by atoms with Crippen molar-refractivity contribution < 1.29 is 8.42 Å². The van der Waals surface area contributed by atoms with E-state index in [0.717, 1.165) is 11.8 Å². The molecule has 1 rings (SSSR count). The summed E-state index contributed by atoms with van der Waals surface area (Å²) in [7, 11) is -1.79. The molecule has 0 aliphatic heterocycles. The first-order valence-electron chi connectivity index (χ1n) is 4.51. The van der Waals surface area contributed by atoms with Crippen LogP contribution in [0.2, 0.25) is 0 Å². The maximum atomic E-state index is 11.9. The highest BCUT2D eigenvalue weighted by molar-refractivity contribution is 9.09. The number of hydrogen-bond acceptors (Lipinski definition) is 3. The maximum absolute atomic E-state index is 11.9. The first-order valence-corrected chi connectivity index (χ1v) is 7.07. The molecule has 0 atom stereocenters. The average Bonchev–Trinajstić information content (AvgIpc) is 2.27. The Kier molecular flexibility index (Phi) is 4.69. The summed E-state index contributed by atoms with van der Waals surface area (Å²) in [5, 5.41) is 0.792. The number of sulfonamides is 1. The molecule has 0 radical (unpaired) electrons. The van der Waals surface area contributed by atoms with E-state index in [4.69, 9.17) is 0 Å². The molecule has 0 aliphatic rings. The van der Waals surface area contributed by atoms with Gasteiger partial charge in [-0.25, -0.2) is 12.7 Å². The van der Waals surface area contributed by atoms with Gasteiger partial charge in [-0.3, -0.25) is 4.98 Å². The number of pyridine rings is 1. The summed E-state index contributed by atoms with van der Waals surface area (Å²) < 4.78 is 25.2. The van der Waals surface area contributed by atoms with Gasteiger partial charge in [0.1, 0.15) is 4.90 Å². The van der Waals surface area contributed by atoms with Crippen LogP contribution in [0.15, 0.2) is 29.4 Å². The minimum atomic E-state index is -3.36. The number of hydrogen-bond donors (Lipinski definition) is 0. The van der Waals surface area contributed by atoms with Crippen LogP contribution >= 0.6 is 15.9 Å². The lowest BCUT2D eigenvalue weighted by atomic mass is 10.5. The van der Waals surface area contributed by atoms with Crippen LogP contribution < -0.4 is 0 Å². The summed E-state index contributed by atoms with van der Waals surface area (Å²) in [6, 6.07) is 3.16. The Labute approximate surface area is 98.5 Å². The molecular formula is C9H13BrN2O2S. The van der Waals surface area contributed by atoms with Crippen LogP contribution in [-0.4, -0.2) is 36.6 Å². The van der Waals surface area contributed by atoms with Gasteiger partial charge in [0.05, 0.1) is 0 Å². The second-order valence-electron chi connectivity index (χ2n) is 3.06. The van der Waals surface area contributed by atoms with Crippen LogP contribution in [0.3, 0.4) is 0 Å². The normalized spacial score (nSPS) is 11.9. The van der Waals surface area contributed by atoms with Crippen molar-refractivity contribution in [2.24, 2.45) is 0 Å². The Hall–Kier alpha value is -0.460. The quantitative estimate of drug-likeness (QED) is 0.773. The molecule has 0 aromatic carbocycles. The smallest absolute Gasteiger partial charge is 0.244 e. The van der Waals surface area contributed by atoms with Crippen molar-refractivity contribution in [3.8, 4) is 0 Å². The van der Waals surface area contributed by atoms with Crippen molar-refractivity contribution >= 4 is 26.0 Å². The molecule has 0 aliphatic carbocycles. The fourth-order valence-corrected chi connectivity index (χ4v) is 2.51. The number of alkyl halides is 1. The second kappa shape index (κ2) is 5.58. The van der Waals surface area contributed by atoms with E-state index in [2.05, 4.69) is 20.9 Å². The predicted molar refractivity (Wildman–Crippen MR) is 62.5 cm³/mol. The molecule has 0 unspecified atom stereocenters. The van der Waals surface area contributed by atoms with E-state index in [-0.39, 0.29) is 4.90 Å². The highest BCUT2D eigenvalue weighted by atomic mass is 79.9. The molecule has 0 saturated heterocycles. The van der Waals surface area contributed by atoms with Gasteiger partial charge in [0.25, 0.3) is 0 Å². The summed E-state index contributed by atoms with van der Waals surface area (Å²) in [5.41, 5.74) is 0. The molecule has 0 fully saturated rings. The van der Waals surface area contributed by atoms with Gasteiger partial charge in [-0.2, -0.15) is 0 Å². The predicted octanol–water partition coefficient (Wildman–Crippen LogP) is 1.49. The van der Waals surface area contributed by atoms with Gasteiger partial charge < -0.3 is 0 Å². The van der Waals surface area contributed by atoms with E-state index in [1.807, 2.05) is 0 Å². The van der Waals surface area contributed by atoms with Crippen LogP contribution in [-0.2, 0) is 10.0 Å². The van der Waals surface area contributed by atoms with Crippen LogP contribution in [0.5, 0.6) is 0 Å². The van der Waals surface area contributed by atoms with E-state index in [9.17, 15) is 8.42 Å². The Morgan fingerprint density at radius 1 is 1.53 bits per heavy atom. The van der Waals surface area contributed by atoms with Crippen molar-refractivity contribution in [3.63, 3.8) is 0 Å². The van der Waals surface area contributed by atoms with Crippen molar-refractivity contribution in [2.75, 3.05) is 18.9 Å². The van der Waals surface area contributed by atoms with E-state index in [1.165, 1.54) is 10.5 Å². The molecule has 1 heterocycles. The number of halogens is 1. The molecule has 0 amide bonds. The van der Waals surface area contributed by atoms with Crippen LogP contribution in [0.4, 0.5) is 0 Å². The molecule has 15 heavy (non-hydrogen) atoms. The number of nitrogens with zero attached hydrogens (tertiary/aromatic N) is 2. The molecular weight excluding hydrogens is 280 g/mol. The molecule has 6 heteroatoms. The molecule has 0 spiro atoms. The summed E-state index contributed by atoms with van der Waals surface area (Å²) in [6.45, 7) is 0.502. The lowest BCUT2D eigenvalue weighted by molar-refractivity contribution is 0.470. The zero-order valence-corrected chi connectivity index (χ0v) is 10.8. The van der Waals surface area contributed by atoms with E-state index in [0.29, 0.717) is 6.54 Å². The monoisotopic (exact) mass is 292 g/mol. The Balaban J connectivity index is 2.84. The van der Waals surface area contributed by atoms with Crippen LogP contribution in [0, 0.1) is 0 Å². The minimum Gasteiger partial charge on any atom is -0.263 e. The fraction of sp³-hybridized carbons (Fsp3) is 0.444. The third kappa shape index (κ3) is 3.25. The molecule has 0 bridgehead atoms. The van der Waals surface area contributed by atoms with Gasteiger partial charge in [-0.15, -0.1) is 0 Å². The SMILES string of the molecule is CN(CCCBr)S(=O)(=O)c1cccnc1. The van der Waals surface area contributed by atoms with Crippen molar-refractivity contribution in [1.29, 1.82) is 0 Å². The zero-order valence-electron chi connectivity index (χ0n) is 8.43. The lowest BCUT2D eigenvalue weighted by Gasteiger charge is -2.15. The Morgan fingerprint density at radius 3 is 2.80 bits per heavy atom. The highest BCUT2D eigenvalue weighted by Gasteiger charge is 2.19. The highest BCUT2D eigenvalue weighted by Crippen LogP contribution is 2.12. The number of rotatable bonds is 5. The standard InChI is InChI=1S/C9H13BrN2O2S/c1-12(7-3-5-10)15(13,14)9-4-2-6-11-8-9/h2,4,6,8H,3,5,7H2,1H3. The Bertz CT molecular complexity index is 394. The molecule has 0 N–H and O–H groups in total. The molecule has 0 saturated carbocycles. The van der Waals surface area contributed by atoms with Crippen LogP contribution in [0.25, 0.3) is 0 Å². The van der Waals surface area contributed by atoms with Crippen molar-refractivity contribution in [1.82, 2.24) is 9.29 Å². The topological polar surface area (TPSA) is 50.3 Å². The molecule has 1 aromatic heterocycles. The Morgan fingerprint density at radius 2 is 2.27 bits per heavy atom. The molecule has 1 aromatic rings. The van der Waals surface area contributed by atoms with Gasteiger partial charge in [0.15, 0.2) is 0 Å². The summed E-state index contributed by atoms with van der Waals surface area (Å²) in [4.78, 5) is 4.04. The summed E-state index contributed by atoms with van der Waals surface area (Å²) in [6.07, 6.45) is 3.70. The van der Waals surface area contributed by atoms with Gasteiger partial charge in [-0.1, -0.05) is 15.9 Å².